The Labute approximate surface area is 131 Å². The van der Waals surface area contributed by atoms with Gasteiger partial charge in [-0.05, 0) is 59.6 Å². The minimum absolute atomic E-state index is 0.599. The molecule has 108 valence electrons. The highest BCUT2D eigenvalue weighted by Gasteiger charge is 2.18. The van der Waals surface area contributed by atoms with Crippen molar-refractivity contribution in [2.24, 2.45) is 0 Å². The molecule has 0 aliphatic carbocycles. The SMILES string of the molecule is Cc1cccc(-n2c(C(C)O)nc3cc(N)ccc32)c1Br. The molecule has 0 fully saturated rings. The molecule has 0 saturated heterocycles. The zero-order valence-corrected chi connectivity index (χ0v) is 13.4. The first-order chi connectivity index (χ1) is 9.99. The first-order valence-electron chi connectivity index (χ1n) is 6.70. The van der Waals surface area contributed by atoms with E-state index >= 15 is 0 Å². The normalized spacial score (nSPS) is 12.8. The Morgan fingerprint density at radius 2 is 2.05 bits per heavy atom. The molecule has 1 aromatic heterocycles. The van der Waals surface area contributed by atoms with Gasteiger partial charge in [-0.1, -0.05) is 12.1 Å². The summed E-state index contributed by atoms with van der Waals surface area (Å²) in [6, 6.07) is 11.6. The van der Waals surface area contributed by atoms with E-state index in [1.165, 1.54) is 0 Å². The van der Waals surface area contributed by atoms with E-state index in [1.54, 1.807) is 6.92 Å². The number of aliphatic hydroxyl groups is 1. The number of nitrogen functional groups attached to an aromatic ring is 1. The molecule has 1 unspecified atom stereocenters. The number of anilines is 1. The number of fused-ring (bicyclic) bond motifs is 1. The van der Waals surface area contributed by atoms with Gasteiger partial charge in [-0.15, -0.1) is 0 Å². The molecule has 1 heterocycles. The Bertz CT molecular complexity index is 824. The van der Waals surface area contributed by atoms with E-state index in [0.29, 0.717) is 11.5 Å². The van der Waals surface area contributed by atoms with Crippen LogP contribution in [-0.2, 0) is 0 Å². The van der Waals surface area contributed by atoms with Gasteiger partial charge in [-0.2, -0.15) is 0 Å². The third kappa shape index (κ3) is 2.32. The summed E-state index contributed by atoms with van der Waals surface area (Å²) in [7, 11) is 0. The second kappa shape index (κ2) is 5.16. The van der Waals surface area contributed by atoms with Crippen LogP contribution in [0.4, 0.5) is 5.69 Å². The molecule has 0 amide bonds. The maximum atomic E-state index is 10.1. The Hall–Kier alpha value is -1.85. The van der Waals surface area contributed by atoms with E-state index in [4.69, 9.17) is 5.73 Å². The predicted molar refractivity (Wildman–Crippen MR) is 88.6 cm³/mol. The molecule has 0 spiro atoms. The summed E-state index contributed by atoms with van der Waals surface area (Å²) in [4.78, 5) is 4.53. The van der Waals surface area contributed by atoms with Crippen LogP contribution in [0.2, 0.25) is 0 Å². The van der Waals surface area contributed by atoms with E-state index in [-0.39, 0.29) is 0 Å². The fraction of sp³-hybridized carbons (Fsp3) is 0.188. The maximum Gasteiger partial charge on any atom is 0.143 e. The number of halogens is 1. The molecule has 0 aliphatic heterocycles. The number of aryl methyl sites for hydroxylation is 1. The van der Waals surface area contributed by atoms with Crippen molar-refractivity contribution in [1.82, 2.24) is 9.55 Å². The third-order valence-corrected chi connectivity index (χ3v) is 4.52. The molecular weight excluding hydrogens is 330 g/mol. The van der Waals surface area contributed by atoms with Crippen LogP contribution in [0.15, 0.2) is 40.9 Å². The van der Waals surface area contributed by atoms with Crippen LogP contribution in [0.25, 0.3) is 16.7 Å². The van der Waals surface area contributed by atoms with E-state index in [9.17, 15) is 5.11 Å². The van der Waals surface area contributed by atoms with Crippen molar-refractivity contribution in [2.45, 2.75) is 20.0 Å². The molecule has 4 nitrogen and oxygen atoms in total. The van der Waals surface area contributed by atoms with E-state index in [1.807, 2.05) is 47.9 Å². The fourth-order valence-electron chi connectivity index (χ4n) is 2.45. The Kier molecular flexibility index (Phi) is 3.47. The Balaban J connectivity index is 2.39. The highest BCUT2D eigenvalue weighted by Crippen LogP contribution is 2.31. The van der Waals surface area contributed by atoms with Gasteiger partial charge in [0.2, 0.25) is 0 Å². The van der Waals surface area contributed by atoms with Crippen LogP contribution in [0, 0.1) is 6.92 Å². The largest absolute Gasteiger partial charge is 0.399 e. The Morgan fingerprint density at radius 1 is 1.29 bits per heavy atom. The maximum absolute atomic E-state index is 10.1. The smallest absolute Gasteiger partial charge is 0.143 e. The minimum Gasteiger partial charge on any atom is -0.399 e. The average molecular weight is 346 g/mol. The zero-order chi connectivity index (χ0) is 15.1. The molecule has 2 aromatic carbocycles. The number of benzene rings is 2. The topological polar surface area (TPSA) is 64.1 Å². The van der Waals surface area contributed by atoms with Crippen molar-refractivity contribution < 1.29 is 5.11 Å². The third-order valence-electron chi connectivity index (χ3n) is 3.49. The van der Waals surface area contributed by atoms with E-state index in [0.717, 1.165) is 26.8 Å². The molecule has 0 saturated carbocycles. The number of aromatic nitrogens is 2. The van der Waals surface area contributed by atoms with Crippen LogP contribution >= 0.6 is 15.9 Å². The van der Waals surface area contributed by atoms with Crippen LogP contribution in [0.3, 0.4) is 0 Å². The van der Waals surface area contributed by atoms with Crippen molar-refractivity contribution in [3.8, 4) is 5.69 Å². The lowest BCUT2D eigenvalue weighted by Crippen LogP contribution is -2.05. The lowest BCUT2D eigenvalue weighted by atomic mass is 10.2. The number of aliphatic hydroxyl groups excluding tert-OH is 1. The van der Waals surface area contributed by atoms with Gasteiger partial charge in [-0.3, -0.25) is 4.57 Å². The van der Waals surface area contributed by atoms with Gasteiger partial charge in [0.05, 0.1) is 16.7 Å². The first kappa shape index (κ1) is 14.1. The summed E-state index contributed by atoms with van der Waals surface area (Å²) >= 11 is 3.63. The number of hydrogen-bond donors (Lipinski definition) is 2. The summed E-state index contributed by atoms with van der Waals surface area (Å²) < 4.78 is 2.96. The number of nitrogens with two attached hydrogens (primary N) is 1. The van der Waals surface area contributed by atoms with Crippen LogP contribution in [0.1, 0.15) is 24.4 Å². The predicted octanol–water partition coefficient (Wildman–Crippen LogP) is 3.73. The van der Waals surface area contributed by atoms with Crippen LogP contribution < -0.4 is 5.73 Å². The van der Waals surface area contributed by atoms with Crippen LogP contribution in [-0.4, -0.2) is 14.7 Å². The molecule has 3 aromatic rings. The second-order valence-electron chi connectivity index (χ2n) is 5.14. The summed E-state index contributed by atoms with van der Waals surface area (Å²) in [5.41, 5.74) is 10.3. The van der Waals surface area contributed by atoms with Crippen molar-refractivity contribution in [3.63, 3.8) is 0 Å². The van der Waals surface area contributed by atoms with Gasteiger partial charge in [0, 0.05) is 10.2 Å². The molecule has 0 radical (unpaired) electrons. The van der Waals surface area contributed by atoms with Gasteiger partial charge in [0.25, 0.3) is 0 Å². The Morgan fingerprint density at radius 3 is 2.76 bits per heavy atom. The van der Waals surface area contributed by atoms with Crippen molar-refractivity contribution in [2.75, 3.05) is 5.73 Å². The number of imidazole rings is 1. The average Bonchev–Trinajstić information content (AvgIpc) is 2.80. The summed E-state index contributed by atoms with van der Waals surface area (Å²) in [6.45, 7) is 3.75. The van der Waals surface area contributed by atoms with Gasteiger partial charge in [0.15, 0.2) is 0 Å². The lowest BCUT2D eigenvalue weighted by molar-refractivity contribution is 0.187. The summed E-state index contributed by atoms with van der Waals surface area (Å²) in [5, 5.41) is 10.1. The number of hydrogen-bond acceptors (Lipinski definition) is 3. The van der Waals surface area contributed by atoms with Crippen molar-refractivity contribution in [1.29, 1.82) is 0 Å². The van der Waals surface area contributed by atoms with Crippen molar-refractivity contribution >= 4 is 32.7 Å². The minimum atomic E-state index is -0.675. The van der Waals surface area contributed by atoms with Crippen LogP contribution in [0.5, 0.6) is 0 Å². The molecule has 0 bridgehead atoms. The van der Waals surface area contributed by atoms with E-state index < -0.39 is 6.10 Å². The molecule has 0 aliphatic rings. The van der Waals surface area contributed by atoms with Crippen molar-refractivity contribution in [3.05, 3.63) is 52.3 Å². The van der Waals surface area contributed by atoms with Gasteiger partial charge < -0.3 is 10.8 Å². The summed E-state index contributed by atoms with van der Waals surface area (Å²) in [6.07, 6.45) is -0.675. The quantitative estimate of drug-likeness (QED) is 0.695. The summed E-state index contributed by atoms with van der Waals surface area (Å²) in [5.74, 6) is 0.599. The van der Waals surface area contributed by atoms with E-state index in [2.05, 4.69) is 20.9 Å². The molecule has 21 heavy (non-hydrogen) atoms. The molecule has 3 N–H and O–H groups in total. The highest BCUT2D eigenvalue weighted by molar-refractivity contribution is 9.10. The molecule has 3 rings (SSSR count). The first-order valence-corrected chi connectivity index (χ1v) is 7.49. The molecule has 1 atom stereocenters. The fourth-order valence-corrected chi connectivity index (χ4v) is 2.90. The monoisotopic (exact) mass is 345 g/mol. The number of rotatable bonds is 2. The molecule has 5 heteroatoms. The van der Waals surface area contributed by atoms with Gasteiger partial charge in [0.1, 0.15) is 11.9 Å². The lowest BCUT2D eigenvalue weighted by Gasteiger charge is -2.14. The zero-order valence-electron chi connectivity index (χ0n) is 11.8. The highest BCUT2D eigenvalue weighted by atomic mass is 79.9. The van der Waals surface area contributed by atoms with Gasteiger partial charge in [-0.25, -0.2) is 4.98 Å². The standard InChI is InChI=1S/C16H16BrN3O/c1-9-4-3-5-14(15(9)17)20-13-7-6-11(18)8-12(13)19-16(20)10(2)21/h3-8,10,21H,18H2,1-2H3. The second-order valence-corrected chi connectivity index (χ2v) is 5.93. The van der Waals surface area contributed by atoms with Gasteiger partial charge >= 0.3 is 0 Å². The molecular formula is C16H16BrN3O. The number of nitrogens with zero attached hydrogens (tertiary/aromatic N) is 2.